The molecule has 0 aliphatic rings. The number of amides is 2. The van der Waals surface area contributed by atoms with E-state index in [2.05, 4.69) is 24.4 Å². The molecule has 0 spiro atoms. The van der Waals surface area contributed by atoms with E-state index in [0.717, 1.165) is 22.4 Å². The van der Waals surface area contributed by atoms with Gasteiger partial charge in [0.15, 0.2) is 0 Å². The van der Waals surface area contributed by atoms with Gasteiger partial charge in [-0.1, -0.05) is 41.4 Å². The lowest BCUT2D eigenvalue weighted by molar-refractivity contribution is 0.208. The molecule has 0 heterocycles. The van der Waals surface area contributed by atoms with E-state index < -0.39 is 0 Å². The smallest absolute Gasteiger partial charge is 0.321 e. The van der Waals surface area contributed by atoms with Crippen molar-refractivity contribution in [1.82, 2.24) is 4.90 Å². The zero-order valence-corrected chi connectivity index (χ0v) is 15.0. The number of aryl methyl sites for hydroxylation is 3. The van der Waals surface area contributed by atoms with Gasteiger partial charge in [-0.25, -0.2) is 4.79 Å². The van der Waals surface area contributed by atoms with E-state index >= 15 is 0 Å². The van der Waals surface area contributed by atoms with Gasteiger partial charge in [-0.05, 0) is 56.5 Å². The fourth-order valence-electron chi connectivity index (χ4n) is 2.71. The summed E-state index contributed by atoms with van der Waals surface area (Å²) in [5.74, 6) is 0. The van der Waals surface area contributed by atoms with Crippen LogP contribution in [0.1, 0.15) is 35.2 Å². The van der Waals surface area contributed by atoms with Crippen LogP contribution in [0.2, 0.25) is 5.02 Å². The molecule has 0 radical (unpaired) electrons. The third-order valence-corrected chi connectivity index (χ3v) is 4.41. The molecule has 1 atom stereocenters. The molecule has 0 saturated heterocycles. The van der Waals surface area contributed by atoms with Crippen LogP contribution < -0.4 is 5.32 Å². The van der Waals surface area contributed by atoms with Crippen LogP contribution in [0.3, 0.4) is 0 Å². The highest BCUT2D eigenvalue weighted by molar-refractivity contribution is 6.30. The van der Waals surface area contributed by atoms with Crippen molar-refractivity contribution in [2.45, 2.75) is 33.7 Å². The molecular weight excluding hydrogens is 308 g/mol. The Kier molecular flexibility index (Phi) is 5.32. The standard InChI is InChI=1S/C19H23ClN2O/c1-12-10-13(2)18(14(3)11-12)21-19(23)22(5)15(4)16-6-8-17(20)9-7-16/h6-11,15H,1-5H3,(H,21,23)/t15-/m1/s1. The zero-order valence-electron chi connectivity index (χ0n) is 14.3. The van der Waals surface area contributed by atoms with Crippen molar-refractivity contribution >= 4 is 23.3 Å². The monoisotopic (exact) mass is 330 g/mol. The third kappa shape index (κ3) is 4.05. The molecule has 122 valence electrons. The number of nitrogens with one attached hydrogen (secondary N) is 1. The van der Waals surface area contributed by atoms with Gasteiger partial charge in [-0.2, -0.15) is 0 Å². The van der Waals surface area contributed by atoms with Gasteiger partial charge in [0.05, 0.1) is 6.04 Å². The number of hydrogen-bond acceptors (Lipinski definition) is 1. The molecule has 1 N–H and O–H groups in total. The van der Waals surface area contributed by atoms with Crippen LogP contribution >= 0.6 is 11.6 Å². The van der Waals surface area contributed by atoms with Gasteiger partial charge in [0.1, 0.15) is 0 Å². The first-order valence-electron chi connectivity index (χ1n) is 7.66. The Morgan fingerprint density at radius 3 is 2.13 bits per heavy atom. The molecule has 3 nitrogen and oxygen atoms in total. The lowest BCUT2D eigenvalue weighted by Crippen LogP contribution is -2.34. The fraction of sp³-hybridized carbons (Fsp3) is 0.316. The average molecular weight is 331 g/mol. The van der Waals surface area contributed by atoms with Crippen LogP contribution in [-0.2, 0) is 0 Å². The molecule has 2 amide bonds. The first kappa shape index (κ1) is 17.4. The number of anilines is 1. The molecule has 0 unspecified atom stereocenters. The van der Waals surface area contributed by atoms with Gasteiger partial charge in [0.2, 0.25) is 0 Å². The number of nitrogens with zero attached hydrogens (tertiary/aromatic N) is 1. The van der Waals surface area contributed by atoms with Crippen LogP contribution in [-0.4, -0.2) is 18.0 Å². The van der Waals surface area contributed by atoms with E-state index in [1.54, 1.807) is 11.9 Å². The maximum absolute atomic E-state index is 12.6. The molecule has 2 aromatic rings. The fourth-order valence-corrected chi connectivity index (χ4v) is 2.84. The minimum Gasteiger partial charge on any atom is -0.321 e. The summed E-state index contributed by atoms with van der Waals surface area (Å²) in [7, 11) is 1.80. The molecule has 2 aromatic carbocycles. The van der Waals surface area contributed by atoms with Crippen molar-refractivity contribution in [2.24, 2.45) is 0 Å². The van der Waals surface area contributed by atoms with Gasteiger partial charge in [-0.15, -0.1) is 0 Å². The summed E-state index contributed by atoms with van der Waals surface area (Å²) in [5, 5.41) is 3.72. The molecular formula is C19H23ClN2O. The largest absolute Gasteiger partial charge is 0.322 e. The second-order valence-electron chi connectivity index (χ2n) is 6.04. The Bertz CT molecular complexity index is 687. The maximum Gasteiger partial charge on any atom is 0.322 e. The minimum atomic E-state index is -0.123. The number of carbonyl (C=O) groups excluding carboxylic acids is 1. The summed E-state index contributed by atoms with van der Waals surface area (Å²) in [5.41, 5.74) is 5.27. The summed E-state index contributed by atoms with van der Waals surface area (Å²) >= 11 is 5.92. The van der Waals surface area contributed by atoms with Gasteiger partial charge in [0, 0.05) is 17.8 Å². The van der Waals surface area contributed by atoms with Crippen LogP contribution in [0.15, 0.2) is 36.4 Å². The quantitative estimate of drug-likeness (QED) is 0.792. The molecule has 23 heavy (non-hydrogen) atoms. The minimum absolute atomic E-state index is 0.0432. The SMILES string of the molecule is Cc1cc(C)c(NC(=O)N(C)[C@H](C)c2ccc(Cl)cc2)c(C)c1. The highest BCUT2D eigenvalue weighted by Crippen LogP contribution is 2.25. The number of rotatable bonds is 3. The van der Waals surface area contributed by atoms with Crippen molar-refractivity contribution < 1.29 is 4.79 Å². The summed E-state index contributed by atoms with van der Waals surface area (Å²) in [6, 6.07) is 11.6. The Balaban J connectivity index is 2.15. The van der Waals surface area contributed by atoms with E-state index in [1.807, 2.05) is 45.0 Å². The zero-order chi connectivity index (χ0) is 17.1. The Labute approximate surface area is 143 Å². The Morgan fingerprint density at radius 1 is 1.09 bits per heavy atom. The van der Waals surface area contributed by atoms with E-state index in [-0.39, 0.29) is 12.1 Å². The summed E-state index contributed by atoms with van der Waals surface area (Å²) in [6.07, 6.45) is 0. The highest BCUT2D eigenvalue weighted by atomic mass is 35.5. The first-order valence-corrected chi connectivity index (χ1v) is 8.04. The number of carbonyl (C=O) groups is 1. The van der Waals surface area contributed by atoms with Crippen molar-refractivity contribution in [2.75, 3.05) is 12.4 Å². The Morgan fingerprint density at radius 2 is 1.61 bits per heavy atom. The van der Waals surface area contributed by atoms with E-state index in [4.69, 9.17) is 11.6 Å². The molecule has 0 bridgehead atoms. The van der Waals surface area contributed by atoms with Crippen LogP contribution in [0.4, 0.5) is 10.5 Å². The predicted octanol–water partition coefficient (Wildman–Crippen LogP) is 5.49. The molecule has 0 aliphatic carbocycles. The highest BCUT2D eigenvalue weighted by Gasteiger charge is 2.18. The second-order valence-corrected chi connectivity index (χ2v) is 6.48. The lowest BCUT2D eigenvalue weighted by Gasteiger charge is -2.26. The lowest BCUT2D eigenvalue weighted by atomic mass is 10.1. The molecule has 0 saturated carbocycles. The topological polar surface area (TPSA) is 32.3 Å². The van der Waals surface area contributed by atoms with Crippen molar-refractivity contribution in [3.05, 3.63) is 63.7 Å². The number of benzene rings is 2. The average Bonchev–Trinajstić information content (AvgIpc) is 2.50. The van der Waals surface area contributed by atoms with Gasteiger partial charge < -0.3 is 10.2 Å². The summed E-state index contributed by atoms with van der Waals surface area (Å²) in [4.78, 5) is 14.3. The molecule has 0 aliphatic heterocycles. The van der Waals surface area contributed by atoms with E-state index in [1.165, 1.54) is 5.56 Å². The van der Waals surface area contributed by atoms with Crippen LogP contribution in [0.25, 0.3) is 0 Å². The first-order chi connectivity index (χ1) is 10.8. The van der Waals surface area contributed by atoms with E-state index in [0.29, 0.717) is 5.02 Å². The summed E-state index contributed by atoms with van der Waals surface area (Å²) in [6.45, 7) is 8.08. The summed E-state index contributed by atoms with van der Waals surface area (Å²) < 4.78 is 0. The third-order valence-electron chi connectivity index (χ3n) is 4.16. The van der Waals surface area contributed by atoms with Gasteiger partial charge in [0.25, 0.3) is 0 Å². The predicted molar refractivity (Wildman–Crippen MR) is 97.3 cm³/mol. The van der Waals surface area contributed by atoms with Crippen molar-refractivity contribution in [1.29, 1.82) is 0 Å². The van der Waals surface area contributed by atoms with Crippen molar-refractivity contribution in [3.63, 3.8) is 0 Å². The Hall–Kier alpha value is -2.00. The van der Waals surface area contributed by atoms with E-state index in [9.17, 15) is 4.79 Å². The van der Waals surface area contributed by atoms with Crippen molar-refractivity contribution in [3.8, 4) is 0 Å². The maximum atomic E-state index is 12.6. The molecule has 0 fully saturated rings. The number of urea groups is 1. The molecule has 4 heteroatoms. The molecule has 0 aromatic heterocycles. The number of hydrogen-bond donors (Lipinski definition) is 1. The van der Waals surface area contributed by atoms with Gasteiger partial charge in [-0.3, -0.25) is 0 Å². The van der Waals surface area contributed by atoms with Gasteiger partial charge >= 0.3 is 6.03 Å². The molecule has 2 rings (SSSR count). The second kappa shape index (κ2) is 7.05. The van der Waals surface area contributed by atoms with Crippen LogP contribution in [0.5, 0.6) is 0 Å². The van der Waals surface area contributed by atoms with Crippen LogP contribution in [0, 0.1) is 20.8 Å². The number of halogens is 1. The normalized spacial score (nSPS) is 11.9.